The van der Waals surface area contributed by atoms with E-state index in [2.05, 4.69) is 29.6 Å². The SMILES string of the molecule is CNCCC(=O)N(CCc1ccccc1)Cc1ccccc1. The smallest absolute Gasteiger partial charge is 0.224 e. The summed E-state index contributed by atoms with van der Waals surface area (Å²) in [5, 5.41) is 3.04. The highest BCUT2D eigenvalue weighted by molar-refractivity contribution is 5.76. The molecular weight excluding hydrogens is 272 g/mol. The Labute approximate surface area is 133 Å². The zero-order valence-corrected chi connectivity index (χ0v) is 13.2. The lowest BCUT2D eigenvalue weighted by molar-refractivity contribution is -0.131. The molecule has 3 heteroatoms. The van der Waals surface area contributed by atoms with Crippen molar-refractivity contribution in [2.45, 2.75) is 19.4 Å². The maximum atomic E-state index is 12.4. The first-order chi connectivity index (χ1) is 10.8. The molecule has 2 rings (SSSR count). The molecule has 0 aliphatic rings. The van der Waals surface area contributed by atoms with Crippen molar-refractivity contribution < 1.29 is 4.79 Å². The molecule has 0 fully saturated rings. The number of hydrogen-bond acceptors (Lipinski definition) is 2. The van der Waals surface area contributed by atoms with E-state index in [-0.39, 0.29) is 5.91 Å². The van der Waals surface area contributed by atoms with Crippen molar-refractivity contribution in [3.8, 4) is 0 Å². The van der Waals surface area contributed by atoms with E-state index in [1.807, 2.05) is 48.3 Å². The van der Waals surface area contributed by atoms with Crippen LogP contribution < -0.4 is 5.32 Å². The molecule has 0 heterocycles. The minimum atomic E-state index is 0.203. The molecule has 0 unspecified atom stereocenters. The minimum Gasteiger partial charge on any atom is -0.338 e. The van der Waals surface area contributed by atoms with E-state index in [0.717, 1.165) is 19.5 Å². The first-order valence-corrected chi connectivity index (χ1v) is 7.80. The zero-order chi connectivity index (χ0) is 15.6. The van der Waals surface area contributed by atoms with Crippen LogP contribution in [-0.4, -0.2) is 30.9 Å². The molecule has 2 aromatic carbocycles. The lowest BCUT2D eigenvalue weighted by Gasteiger charge is -2.23. The van der Waals surface area contributed by atoms with Crippen molar-refractivity contribution in [1.29, 1.82) is 0 Å². The van der Waals surface area contributed by atoms with Gasteiger partial charge in [-0.2, -0.15) is 0 Å². The second kappa shape index (κ2) is 9.00. The summed E-state index contributed by atoms with van der Waals surface area (Å²) in [5.74, 6) is 0.203. The molecule has 0 radical (unpaired) electrons. The van der Waals surface area contributed by atoms with Gasteiger partial charge in [0.05, 0.1) is 0 Å². The summed E-state index contributed by atoms with van der Waals surface area (Å²) in [6.45, 7) is 2.15. The molecule has 3 nitrogen and oxygen atoms in total. The highest BCUT2D eigenvalue weighted by atomic mass is 16.2. The van der Waals surface area contributed by atoms with Crippen LogP contribution in [0.25, 0.3) is 0 Å². The summed E-state index contributed by atoms with van der Waals surface area (Å²) in [6, 6.07) is 20.5. The summed E-state index contributed by atoms with van der Waals surface area (Å²) in [5.41, 5.74) is 2.44. The van der Waals surface area contributed by atoms with Gasteiger partial charge in [-0.15, -0.1) is 0 Å². The summed E-state index contributed by atoms with van der Waals surface area (Å²) in [4.78, 5) is 14.4. The Morgan fingerprint density at radius 3 is 2.14 bits per heavy atom. The summed E-state index contributed by atoms with van der Waals surface area (Å²) >= 11 is 0. The van der Waals surface area contributed by atoms with Gasteiger partial charge in [0, 0.05) is 26.1 Å². The van der Waals surface area contributed by atoms with E-state index in [9.17, 15) is 4.79 Å². The van der Waals surface area contributed by atoms with Gasteiger partial charge in [-0.05, 0) is 24.6 Å². The van der Waals surface area contributed by atoms with E-state index in [1.54, 1.807) is 0 Å². The lowest BCUT2D eigenvalue weighted by Crippen LogP contribution is -2.34. The van der Waals surface area contributed by atoms with E-state index >= 15 is 0 Å². The van der Waals surface area contributed by atoms with E-state index in [1.165, 1.54) is 11.1 Å². The minimum absolute atomic E-state index is 0.203. The van der Waals surface area contributed by atoms with Gasteiger partial charge >= 0.3 is 0 Å². The van der Waals surface area contributed by atoms with Crippen molar-refractivity contribution in [2.75, 3.05) is 20.1 Å². The van der Waals surface area contributed by atoms with Gasteiger partial charge in [0.2, 0.25) is 5.91 Å². The number of amides is 1. The fourth-order valence-corrected chi connectivity index (χ4v) is 2.39. The second-order valence-corrected chi connectivity index (χ2v) is 5.39. The molecule has 1 amide bonds. The molecular formula is C19H24N2O. The van der Waals surface area contributed by atoms with Crippen molar-refractivity contribution in [1.82, 2.24) is 10.2 Å². The lowest BCUT2D eigenvalue weighted by atomic mass is 10.1. The average molecular weight is 296 g/mol. The van der Waals surface area contributed by atoms with Crippen LogP contribution in [-0.2, 0) is 17.8 Å². The van der Waals surface area contributed by atoms with Crippen LogP contribution in [0.3, 0.4) is 0 Å². The summed E-state index contributed by atoms with van der Waals surface area (Å²) in [6.07, 6.45) is 1.43. The molecule has 0 saturated heterocycles. The second-order valence-electron chi connectivity index (χ2n) is 5.39. The normalized spacial score (nSPS) is 10.4. The van der Waals surface area contributed by atoms with Crippen LogP contribution in [0.15, 0.2) is 60.7 Å². The number of hydrogen-bond donors (Lipinski definition) is 1. The zero-order valence-electron chi connectivity index (χ0n) is 13.2. The fourth-order valence-electron chi connectivity index (χ4n) is 2.39. The summed E-state index contributed by atoms with van der Waals surface area (Å²) < 4.78 is 0. The Hall–Kier alpha value is -2.13. The third-order valence-corrected chi connectivity index (χ3v) is 3.67. The molecule has 2 aromatic rings. The predicted molar refractivity (Wildman–Crippen MR) is 90.5 cm³/mol. The largest absolute Gasteiger partial charge is 0.338 e. The first-order valence-electron chi connectivity index (χ1n) is 7.80. The van der Waals surface area contributed by atoms with Crippen LogP contribution in [0.5, 0.6) is 0 Å². The van der Waals surface area contributed by atoms with Crippen molar-refractivity contribution >= 4 is 5.91 Å². The van der Waals surface area contributed by atoms with Gasteiger partial charge in [0.1, 0.15) is 0 Å². The maximum absolute atomic E-state index is 12.4. The van der Waals surface area contributed by atoms with E-state index in [0.29, 0.717) is 13.0 Å². The Balaban J connectivity index is 1.99. The van der Waals surface area contributed by atoms with Gasteiger partial charge in [-0.25, -0.2) is 0 Å². The Bertz CT molecular complexity index is 554. The van der Waals surface area contributed by atoms with Gasteiger partial charge in [0.15, 0.2) is 0 Å². The Morgan fingerprint density at radius 2 is 1.55 bits per heavy atom. The van der Waals surface area contributed by atoms with Crippen LogP contribution in [0, 0.1) is 0 Å². The molecule has 0 bridgehead atoms. The highest BCUT2D eigenvalue weighted by Crippen LogP contribution is 2.08. The molecule has 0 aliphatic carbocycles. The summed E-state index contributed by atoms with van der Waals surface area (Å²) in [7, 11) is 1.87. The van der Waals surface area contributed by atoms with Crippen LogP contribution in [0.2, 0.25) is 0 Å². The number of rotatable bonds is 8. The third-order valence-electron chi connectivity index (χ3n) is 3.67. The molecule has 22 heavy (non-hydrogen) atoms. The molecule has 0 spiro atoms. The highest BCUT2D eigenvalue weighted by Gasteiger charge is 2.13. The molecule has 0 aliphatic heterocycles. The number of nitrogens with one attached hydrogen (secondary N) is 1. The van der Waals surface area contributed by atoms with Gasteiger partial charge in [0.25, 0.3) is 0 Å². The monoisotopic (exact) mass is 296 g/mol. The molecule has 1 N–H and O–H groups in total. The number of carbonyl (C=O) groups is 1. The average Bonchev–Trinajstić information content (AvgIpc) is 2.58. The van der Waals surface area contributed by atoms with E-state index in [4.69, 9.17) is 0 Å². The Morgan fingerprint density at radius 1 is 0.955 bits per heavy atom. The Kier molecular flexibility index (Phi) is 6.65. The molecule has 116 valence electrons. The first kappa shape index (κ1) is 16.2. The van der Waals surface area contributed by atoms with Gasteiger partial charge in [-0.1, -0.05) is 60.7 Å². The van der Waals surface area contributed by atoms with Crippen LogP contribution in [0.1, 0.15) is 17.5 Å². The van der Waals surface area contributed by atoms with E-state index < -0.39 is 0 Å². The fraction of sp³-hybridized carbons (Fsp3) is 0.316. The van der Waals surface area contributed by atoms with Crippen LogP contribution >= 0.6 is 0 Å². The quantitative estimate of drug-likeness (QED) is 0.812. The number of carbonyl (C=O) groups excluding carboxylic acids is 1. The van der Waals surface area contributed by atoms with Gasteiger partial charge < -0.3 is 10.2 Å². The van der Waals surface area contributed by atoms with Gasteiger partial charge in [-0.3, -0.25) is 4.79 Å². The number of nitrogens with zero attached hydrogens (tertiary/aromatic N) is 1. The van der Waals surface area contributed by atoms with Crippen LogP contribution in [0.4, 0.5) is 0 Å². The van der Waals surface area contributed by atoms with Crippen molar-refractivity contribution in [3.63, 3.8) is 0 Å². The van der Waals surface area contributed by atoms with Crippen molar-refractivity contribution in [3.05, 3.63) is 71.8 Å². The molecule has 0 aromatic heterocycles. The maximum Gasteiger partial charge on any atom is 0.224 e. The van der Waals surface area contributed by atoms with Crippen molar-refractivity contribution in [2.24, 2.45) is 0 Å². The standard InChI is InChI=1S/C19H24N2O/c1-20-14-12-19(22)21(16-18-10-6-3-7-11-18)15-13-17-8-4-2-5-9-17/h2-11,20H,12-16H2,1H3. The third kappa shape index (κ3) is 5.34. The predicted octanol–water partition coefficient (Wildman–Crippen LogP) is 2.87. The molecule has 0 saturated carbocycles. The number of benzene rings is 2. The topological polar surface area (TPSA) is 32.3 Å². The molecule has 0 atom stereocenters.